The van der Waals surface area contributed by atoms with Gasteiger partial charge in [-0.2, -0.15) is 9.97 Å². The molecule has 2 aromatic rings. The fourth-order valence-corrected chi connectivity index (χ4v) is 2.95. The molecule has 1 N–H and O–H groups in total. The summed E-state index contributed by atoms with van der Waals surface area (Å²) in [7, 11) is 3.97. The standard InChI is InChI=1S/C16H25N7O/c1-11-8-15(22(3)4)20-16(17-11)19-13-6-5-7-23(9-13)10-14-18-12(2)24-21-14/h8,13H,5-7,9-10H2,1-4H3,(H,17,19,20)/t13-/m0/s1. The van der Waals surface area contributed by atoms with Crippen molar-refractivity contribution in [3.63, 3.8) is 0 Å². The summed E-state index contributed by atoms with van der Waals surface area (Å²) in [6.45, 7) is 6.48. The Bertz CT molecular complexity index is 685. The molecule has 3 rings (SSSR count). The van der Waals surface area contributed by atoms with E-state index in [1.165, 1.54) is 0 Å². The number of anilines is 2. The summed E-state index contributed by atoms with van der Waals surface area (Å²) in [4.78, 5) is 17.7. The lowest BCUT2D eigenvalue weighted by molar-refractivity contribution is 0.201. The maximum atomic E-state index is 5.05. The summed E-state index contributed by atoms with van der Waals surface area (Å²) < 4.78 is 5.05. The highest BCUT2D eigenvalue weighted by Gasteiger charge is 2.22. The van der Waals surface area contributed by atoms with Crippen LogP contribution in [0.15, 0.2) is 10.6 Å². The van der Waals surface area contributed by atoms with Gasteiger partial charge in [-0.25, -0.2) is 4.98 Å². The van der Waals surface area contributed by atoms with Crippen LogP contribution in [0, 0.1) is 13.8 Å². The van der Waals surface area contributed by atoms with Gasteiger partial charge in [0.15, 0.2) is 5.82 Å². The first-order valence-corrected chi connectivity index (χ1v) is 8.30. The molecule has 8 heteroatoms. The first-order chi connectivity index (χ1) is 11.5. The first kappa shape index (κ1) is 16.6. The highest BCUT2D eigenvalue weighted by Crippen LogP contribution is 2.18. The third-order valence-corrected chi connectivity index (χ3v) is 4.07. The minimum atomic E-state index is 0.323. The molecule has 24 heavy (non-hydrogen) atoms. The number of hydrogen-bond donors (Lipinski definition) is 1. The van der Waals surface area contributed by atoms with Crippen molar-refractivity contribution in [1.82, 2.24) is 25.0 Å². The second kappa shape index (κ2) is 7.12. The first-order valence-electron chi connectivity index (χ1n) is 8.30. The monoisotopic (exact) mass is 331 g/mol. The number of nitrogens with zero attached hydrogens (tertiary/aromatic N) is 6. The zero-order valence-corrected chi connectivity index (χ0v) is 14.8. The molecule has 1 fully saturated rings. The van der Waals surface area contributed by atoms with E-state index in [0.29, 0.717) is 24.4 Å². The zero-order valence-electron chi connectivity index (χ0n) is 14.8. The van der Waals surface area contributed by atoms with Gasteiger partial charge >= 0.3 is 0 Å². The van der Waals surface area contributed by atoms with E-state index >= 15 is 0 Å². The number of aromatic nitrogens is 4. The van der Waals surface area contributed by atoms with Crippen molar-refractivity contribution in [2.24, 2.45) is 0 Å². The number of rotatable bonds is 5. The lowest BCUT2D eigenvalue weighted by Crippen LogP contribution is -2.42. The smallest absolute Gasteiger partial charge is 0.225 e. The van der Waals surface area contributed by atoms with Crippen LogP contribution in [0.1, 0.15) is 30.3 Å². The molecule has 0 saturated carbocycles. The van der Waals surface area contributed by atoms with Gasteiger partial charge < -0.3 is 14.7 Å². The normalized spacial score (nSPS) is 18.6. The highest BCUT2D eigenvalue weighted by molar-refractivity contribution is 5.43. The predicted molar refractivity (Wildman–Crippen MR) is 92.1 cm³/mol. The lowest BCUT2D eigenvalue weighted by Gasteiger charge is -2.32. The Labute approximate surface area is 142 Å². The van der Waals surface area contributed by atoms with Crippen molar-refractivity contribution < 1.29 is 4.52 Å². The van der Waals surface area contributed by atoms with Crippen LogP contribution in [0.3, 0.4) is 0 Å². The largest absolute Gasteiger partial charge is 0.363 e. The Morgan fingerprint density at radius 3 is 2.83 bits per heavy atom. The lowest BCUT2D eigenvalue weighted by atomic mass is 10.1. The molecule has 1 aliphatic rings. The van der Waals surface area contributed by atoms with Gasteiger partial charge in [0, 0.05) is 45.4 Å². The SMILES string of the molecule is Cc1cc(N(C)C)nc(N[C@H]2CCCN(Cc3noc(C)n3)C2)n1. The van der Waals surface area contributed by atoms with E-state index in [2.05, 4.69) is 30.3 Å². The number of aryl methyl sites for hydroxylation is 2. The van der Waals surface area contributed by atoms with Crippen molar-refractivity contribution in [2.75, 3.05) is 37.4 Å². The van der Waals surface area contributed by atoms with E-state index in [1.807, 2.05) is 38.9 Å². The summed E-state index contributed by atoms with van der Waals surface area (Å²) in [5, 5.41) is 7.47. The van der Waals surface area contributed by atoms with Gasteiger partial charge in [-0.1, -0.05) is 5.16 Å². The average molecular weight is 331 g/mol. The van der Waals surface area contributed by atoms with Crippen LogP contribution >= 0.6 is 0 Å². The number of piperidine rings is 1. The van der Waals surface area contributed by atoms with E-state index in [9.17, 15) is 0 Å². The van der Waals surface area contributed by atoms with Gasteiger partial charge in [-0.05, 0) is 26.3 Å². The number of likely N-dealkylation sites (tertiary alicyclic amines) is 1. The van der Waals surface area contributed by atoms with Crippen molar-refractivity contribution in [3.05, 3.63) is 23.5 Å². The summed E-state index contributed by atoms with van der Waals surface area (Å²) in [6.07, 6.45) is 2.23. The summed E-state index contributed by atoms with van der Waals surface area (Å²) in [6, 6.07) is 2.31. The van der Waals surface area contributed by atoms with Gasteiger partial charge in [0.2, 0.25) is 11.8 Å². The molecule has 1 atom stereocenters. The molecule has 1 saturated heterocycles. The second-order valence-corrected chi connectivity index (χ2v) is 6.53. The van der Waals surface area contributed by atoms with E-state index < -0.39 is 0 Å². The molecule has 3 heterocycles. The molecule has 0 unspecified atom stereocenters. The van der Waals surface area contributed by atoms with E-state index in [0.717, 1.165) is 43.3 Å². The molecule has 0 aromatic carbocycles. The molecule has 0 amide bonds. The fourth-order valence-electron chi connectivity index (χ4n) is 2.95. The van der Waals surface area contributed by atoms with Gasteiger partial charge in [0.1, 0.15) is 5.82 Å². The topological polar surface area (TPSA) is 83.2 Å². The molecule has 130 valence electrons. The number of hydrogen-bond acceptors (Lipinski definition) is 8. The van der Waals surface area contributed by atoms with Gasteiger partial charge in [-0.3, -0.25) is 4.90 Å². The van der Waals surface area contributed by atoms with Crippen LogP contribution in [0.25, 0.3) is 0 Å². The van der Waals surface area contributed by atoms with Crippen LogP contribution in [0.5, 0.6) is 0 Å². The zero-order chi connectivity index (χ0) is 17.1. The van der Waals surface area contributed by atoms with Crippen molar-refractivity contribution >= 4 is 11.8 Å². The van der Waals surface area contributed by atoms with Crippen LogP contribution in [0.4, 0.5) is 11.8 Å². The quantitative estimate of drug-likeness (QED) is 0.885. The molecule has 0 radical (unpaired) electrons. The molecule has 2 aromatic heterocycles. The average Bonchev–Trinajstić information content (AvgIpc) is 2.92. The Morgan fingerprint density at radius 2 is 2.12 bits per heavy atom. The number of nitrogens with one attached hydrogen (secondary N) is 1. The Hall–Kier alpha value is -2.22. The van der Waals surface area contributed by atoms with Crippen molar-refractivity contribution in [2.45, 2.75) is 39.3 Å². The minimum Gasteiger partial charge on any atom is -0.363 e. The van der Waals surface area contributed by atoms with Crippen LogP contribution < -0.4 is 10.2 Å². The third-order valence-electron chi connectivity index (χ3n) is 4.07. The summed E-state index contributed by atoms with van der Waals surface area (Å²) in [5.74, 6) is 2.97. The Balaban J connectivity index is 1.63. The van der Waals surface area contributed by atoms with Gasteiger partial charge in [-0.15, -0.1) is 0 Å². The second-order valence-electron chi connectivity index (χ2n) is 6.53. The van der Waals surface area contributed by atoms with Crippen LogP contribution in [-0.2, 0) is 6.54 Å². The predicted octanol–water partition coefficient (Wildman–Crippen LogP) is 1.62. The molecule has 0 bridgehead atoms. The van der Waals surface area contributed by atoms with E-state index in [1.54, 1.807) is 0 Å². The maximum absolute atomic E-state index is 5.05. The molecule has 8 nitrogen and oxygen atoms in total. The third kappa shape index (κ3) is 4.19. The molecule has 0 aliphatic carbocycles. The van der Waals surface area contributed by atoms with E-state index in [-0.39, 0.29) is 0 Å². The molecular formula is C16H25N7O. The van der Waals surface area contributed by atoms with Gasteiger partial charge in [0.05, 0.1) is 6.54 Å². The Kier molecular flexibility index (Phi) is 4.94. The fraction of sp³-hybridized carbons (Fsp3) is 0.625. The van der Waals surface area contributed by atoms with Crippen molar-refractivity contribution in [3.8, 4) is 0 Å². The Morgan fingerprint density at radius 1 is 1.29 bits per heavy atom. The summed E-state index contributed by atoms with van der Waals surface area (Å²) in [5.41, 5.74) is 0.964. The van der Waals surface area contributed by atoms with Crippen LogP contribution in [0.2, 0.25) is 0 Å². The van der Waals surface area contributed by atoms with Gasteiger partial charge in [0.25, 0.3) is 0 Å². The summed E-state index contributed by atoms with van der Waals surface area (Å²) >= 11 is 0. The molecule has 0 spiro atoms. The highest BCUT2D eigenvalue weighted by atomic mass is 16.5. The van der Waals surface area contributed by atoms with E-state index in [4.69, 9.17) is 4.52 Å². The molecular weight excluding hydrogens is 306 g/mol. The van der Waals surface area contributed by atoms with Crippen LogP contribution in [-0.4, -0.2) is 58.2 Å². The van der Waals surface area contributed by atoms with Crippen molar-refractivity contribution in [1.29, 1.82) is 0 Å². The maximum Gasteiger partial charge on any atom is 0.225 e. The molecule has 1 aliphatic heterocycles. The minimum absolute atomic E-state index is 0.323.